The van der Waals surface area contributed by atoms with Crippen molar-refractivity contribution in [3.05, 3.63) is 76.9 Å². The molecular formula is C19H11BrN2O3. The van der Waals surface area contributed by atoms with Gasteiger partial charge < -0.3 is 9.15 Å². The van der Waals surface area contributed by atoms with Crippen molar-refractivity contribution >= 4 is 33.0 Å². The minimum Gasteiger partial charge on any atom is -0.435 e. The lowest BCUT2D eigenvalue weighted by Gasteiger charge is -2.04. The third-order valence-electron chi connectivity index (χ3n) is 3.51. The van der Waals surface area contributed by atoms with Crippen LogP contribution in [-0.2, 0) is 0 Å². The highest BCUT2D eigenvalue weighted by molar-refractivity contribution is 9.10. The van der Waals surface area contributed by atoms with Gasteiger partial charge in [-0.3, -0.25) is 4.98 Å². The van der Waals surface area contributed by atoms with E-state index in [9.17, 15) is 4.79 Å². The molecule has 0 fully saturated rings. The van der Waals surface area contributed by atoms with Gasteiger partial charge in [0.2, 0.25) is 5.89 Å². The van der Waals surface area contributed by atoms with Crippen molar-refractivity contribution in [2.45, 2.75) is 0 Å². The average Bonchev–Trinajstić information content (AvgIpc) is 3.06. The Labute approximate surface area is 151 Å². The standard InChI is InChI=1S/C19H11BrN2O3/c20-13-5-3-4-12(10-13)19(23)24-14-7-8-15-17(11-14)25-18(22-15)16-6-1-2-9-21-16/h1-11H. The number of carbonyl (C=O) groups is 1. The van der Waals surface area contributed by atoms with E-state index < -0.39 is 5.97 Å². The first-order chi connectivity index (χ1) is 12.2. The van der Waals surface area contributed by atoms with Crippen LogP contribution in [0.4, 0.5) is 0 Å². The topological polar surface area (TPSA) is 65.2 Å². The monoisotopic (exact) mass is 394 g/mol. The number of rotatable bonds is 3. The number of hydrogen-bond donors (Lipinski definition) is 0. The van der Waals surface area contributed by atoms with E-state index >= 15 is 0 Å². The molecule has 0 amide bonds. The Morgan fingerprint density at radius 2 is 1.96 bits per heavy atom. The Bertz CT molecular complexity index is 1060. The summed E-state index contributed by atoms with van der Waals surface area (Å²) in [5, 5.41) is 0. The van der Waals surface area contributed by atoms with Crippen LogP contribution in [0.25, 0.3) is 22.7 Å². The maximum absolute atomic E-state index is 12.2. The van der Waals surface area contributed by atoms with E-state index in [1.54, 1.807) is 42.6 Å². The Hall–Kier alpha value is -2.99. The number of oxazole rings is 1. The maximum atomic E-state index is 12.2. The number of benzene rings is 2. The molecule has 5 nitrogen and oxygen atoms in total. The van der Waals surface area contributed by atoms with Gasteiger partial charge in [-0.25, -0.2) is 9.78 Å². The van der Waals surface area contributed by atoms with Crippen LogP contribution < -0.4 is 4.74 Å². The Kier molecular flexibility index (Phi) is 4.03. The summed E-state index contributed by atoms with van der Waals surface area (Å²) in [4.78, 5) is 20.8. The zero-order valence-corrected chi connectivity index (χ0v) is 14.4. The van der Waals surface area contributed by atoms with Crippen molar-refractivity contribution in [1.29, 1.82) is 0 Å². The number of aromatic nitrogens is 2. The van der Waals surface area contributed by atoms with E-state index in [4.69, 9.17) is 9.15 Å². The third kappa shape index (κ3) is 3.29. The summed E-state index contributed by atoms with van der Waals surface area (Å²) in [6.07, 6.45) is 1.68. The molecule has 25 heavy (non-hydrogen) atoms. The maximum Gasteiger partial charge on any atom is 0.343 e. The lowest BCUT2D eigenvalue weighted by Crippen LogP contribution is -2.08. The minimum absolute atomic E-state index is 0.390. The lowest BCUT2D eigenvalue weighted by molar-refractivity contribution is 0.0735. The van der Waals surface area contributed by atoms with E-state index in [-0.39, 0.29) is 0 Å². The Morgan fingerprint density at radius 3 is 2.76 bits per heavy atom. The van der Waals surface area contributed by atoms with Gasteiger partial charge in [-0.2, -0.15) is 0 Å². The molecule has 0 saturated heterocycles. The van der Waals surface area contributed by atoms with Crippen LogP contribution >= 0.6 is 15.9 Å². The molecule has 2 aromatic carbocycles. The van der Waals surface area contributed by atoms with Crippen molar-refractivity contribution in [3.8, 4) is 17.3 Å². The van der Waals surface area contributed by atoms with Gasteiger partial charge in [0.1, 0.15) is 17.0 Å². The molecule has 2 heterocycles. The molecule has 0 bridgehead atoms. The smallest absolute Gasteiger partial charge is 0.343 e. The Morgan fingerprint density at radius 1 is 1.04 bits per heavy atom. The van der Waals surface area contributed by atoms with Gasteiger partial charge in [0.25, 0.3) is 0 Å². The fraction of sp³-hybridized carbons (Fsp3) is 0. The highest BCUT2D eigenvalue weighted by Crippen LogP contribution is 2.26. The van der Waals surface area contributed by atoms with Crippen molar-refractivity contribution in [2.24, 2.45) is 0 Å². The number of halogens is 1. The molecule has 0 radical (unpaired) electrons. The van der Waals surface area contributed by atoms with Crippen LogP contribution in [0.1, 0.15) is 10.4 Å². The second kappa shape index (κ2) is 6.49. The first-order valence-electron chi connectivity index (χ1n) is 7.49. The third-order valence-corrected chi connectivity index (χ3v) is 4.01. The van der Waals surface area contributed by atoms with Gasteiger partial charge in [0.05, 0.1) is 5.56 Å². The quantitative estimate of drug-likeness (QED) is 0.366. The van der Waals surface area contributed by atoms with E-state index in [1.807, 2.05) is 24.3 Å². The van der Waals surface area contributed by atoms with Crippen LogP contribution in [-0.4, -0.2) is 15.9 Å². The summed E-state index contributed by atoms with van der Waals surface area (Å²) in [6, 6.07) is 17.6. The normalized spacial score (nSPS) is 10.8. The molecule has 4 aromatic rings. The first-order valence-corrected chi connectivity index (χ1v) is 8.28. The lowest BCUT2D eigenvalue weighted by atomic mass is 10.2. The molecule has 0 saturated carbocycles. The number of pyridine rings is 1. The first kappa shape index (κ1) is 15.5. The molecule has 0 unspecified atom stereocenters. The summed E-state index contributed by atoms with van der Waals surface area (Å²) in [5.41, 5.74) is 2.30. The molecule has 0 aliphatic carbocycles. The van der Waals surface area contributed by atoms with Crippen molar-refractivity contribution in [3.63, 3.8) is 0 Å². The number of nitrogens with zero attached hydrogens (tertiary/aromatic N) is 2. The zero-order valence-electron chi connectivity index (χ0n) is 12.8. The summed E-state index contributed by atoms with van der Waals surface area (Å²) in [6.45, 7) is 0. The Balaban J connectivity index is 1.62. The predicted molar refractivity (Wildman–Crippen MR) is 96.3 cm³/mol. The molecule has 0 spiro atoms. The SMILES string of the molecule is O=C(Oc1ccc2nc(-c3ccccn3)oc2c1)c1cccc(Br)c1. The molecular weight excluding hydrogens is 384 g/mol. The average molecular weight is 395 g/mol. The second-order valence-electron chi connectivity index (χ2n) is 5.26. The van der Waals surface area contributed by atoms with Crippen LogP contribution in [0.5, 0.6) is 5.75 Å². The second-order valence-corrected chi connectivity index (χ2v) is 6.18. The van der Waals surface area contributed by atoms with Gasteiger partial charge in [0, 0.05) is 16.7 Å². The molecule has 6 heteroatoms. The van der Waals surface area contributed by atoms with Gasteiger partial charge in [-0.05, 0) is 42.5 Å². The van der Waals surface area contributed by atoms with Crippen LogP contribution in [0, 0.1) is 0 Å². The van der Waals surface area contributed by atoms with Gasteiger partial charge in [0.15, 0.2) is 5.58 Å². The van der Waals surface area contributed by atoms with Crippen LogP contribution in [0.2, 0.25) is 0 Å². The molecule has 0 aliphatic heterocycles. The molecule has 4 rings (SSSR count). The molecule has 0 aliphatic rings. The predicted octanol–water partition coefficient (Wildman–Crippen LogP) is 4.87. The summed E-state index contributed by atoms with van der Waals surface area (Å²) in [5.74, 6) is 0.373. The van der Waals surface area contributed by atoms with Crippen molar-refractivity contribution in [2.75, 3.05) is 0 Å². The molecule has 122 valence electrons. The zero-order chi connectivity index (χ0) is 17.2. The largest absolute Gasteiger partial charge is 0.435 e. The highest BCUT2D eigenvalue weighted by Gasteiger charge is 2.13. The fourth-order valence-corrected chi connectivity index (χ4v) is 2.75. The summed E-state index contributed by atoms with van der Waals surface area (Å²) < 4.78 is 12.0. The van der Waals surface area contributed by atoms with Crippen molar-refractivity contribution in [1.82, 2.24) is 9.97 Å². The summed E-state index contributed by atoms with van der Waals surface area (Å²) >= 11 is 3.34. The number of ether oxygens (including phenoxy) is 1. The summed E-state index contributed by atoms with van der Waals surface area (Å²) in [7, 11) is 0. The number of esters is 1. The number of hydrogen-bond acceptors (Lipinski definition) is 5. The van der Waals surface area contributed by atoms with E-state index in [1.165, 1.54) is 0 Å². The molecule has 0 N–H and O–H groups in total. The molecule has 0 atom stereocenters. The van der Waals surface area contributed by atoms with Gasteiger partial charge in [-0.15, -0.1) is 0 Å². The number of fused-ring (bicyclic) bond motifs is 1. The molecule has 2 aromatic heterocycles. The van der Waals surface area contributed by atoms with Gasteiger partial charge in [-0.1, -0.05) is 28.1 Å². The van der Waals surface area contributed by atoms with Crippen LogP contribution in [0.3, 0.4) is 0 Å². The van der Waals surface area contributed by atoms with E-state index in [0.717, 1.165) is 4.47 Å². The fourth-order valence-electron chi connectivity index (χ4n) is 2.35. The number of carbonyl (C=O) groups excluding carboxylic acids is 1. The van der Waals surface area contributed by atoms with E-state index in [2.05, 4.69) is 25.9 Å². The minimum atomic E-state index is -0.440. The van der Waals surface area contributed by atoms with E-state index in [0.29, 0.717) is 34.0 Å². The highest BCUT2D eigenvalue weighted by atomic mass is 79.9. The van der Waals surface area contributed by atoms with Crippen LogP contribution in [0.15, 0.2) is 75.8 Å². The van der Waals surface area contributed by atoms with Gasteiger partial charge >= 0.3 is 5.97 Å². The van der Waals surface area contributed by atoms with Crippen molar-refractivity contribution < 1.29 is 13.9 Å².